The molecule has 1 atom stereocenters. The average Bonchev–Trinajstić information content (AvgIpc) is 3.13. The molecule has 4 rings (SSSR count). The minimum absolute atomic E-state index is 0.343. The third kappa shape index (κ3) is 4.14. The number of nitrogens with zero attached hydrogens (tertiary/aromatic N) is 5. The van der Waals surface area contributed by atoms with E-state index in [0.717, 1.165) is 38.2 Å². The molecule has 1 saturated heterocycles. The van der Waals surface area contributed by atoms with Gasteiger partial charge in [0.05, 0.1) is 31.0 Å². The van der Waals surface area contributed by atoms with Crippen molar-refractivity contribution in [2.24, 2.45) is 7.05 Å². The molecular weight excluding hydrogens is 354 g/mol. The molecule has 0 N–H and O–H groups in total. The van der Waals surface area contributed by atoms with Crippen LogP contribution in [0.25, 0.3) is 0 Å². The Kier molecular flexibility index (Phi) is 5.53. The van der Waals surface area contributed by atoms with E-state index in [2.05, 4.69) is 19.4 Å². The molecule has 1 aromatic carbocycles. The molecule has 3 aromatic rings. The zero-order valence-electron chi connectivity index (χ0n) is 16.3. The largest absolute Gasteiger partial charge is 0.493 e. The van der Waals surface area contributed by atoms with Crippen molar-refractivity contribution in [3.8, 4) is 17.4 Å². The summed E-state index contributed by atoms with van der Waals surface area (Å²) in [6, 6.07) is 7.55. The minimum Gasteiger partial charge on any atom is -0.493 e. The van der Waals surface area contributed by atoms with E-state index in [1.807, 2.05) is 50.0 Å². The van der Waals surface area contributed by atoms with Crippen LogP contribution in [0.15, 0.2) is 49.2 Å². The molecule has 7 nitrogen and oxygen atoms in total. The summed E-state index contributed by atoms with van der Waals surface area (Å²) in [5, 5.41) is 0. The summed E-state index contributed by atoms with van der Waals surface area (Å²) in [7, 11) is 3.66. The Morgan fingerprint density at radius 1 is 1.11 bits per heavy atom. The quantitative estimate of drug-likeness (QED) is 0.654. The number of piperidine rings is 1. The standard InChI is InChI=1S/C21H25N5O2/c1-25-15-23-10-17(25)14-26-9-5-6-16(13-26)18-11-22-12-21(24-18)28-20-8-4-3-7-19(20)27-2/h3-4,7-8,10-12,15-16H,5-6,9,13-14H2,1-2H3. The highest BCUT2D eigenvalue weighted by Crippen LogP contribution is 2.31. The Hall–Kier alpha value is -2.93. The first-order chi connectivity index (χ1) is 13.7. The topological polar surface area (TPSA) is 65.3 Å². The summed E-state index contributed by atoms with van der Waals surface area (Å²) in [6.45, 7) is 2.95. The number of hydrogen-bond donors (Lipinski definition) is 0. The molecule has 28 heavy (non-hydrogen) atoms. The first-order valence-corrected chi connectivity index (χ1v) is 9.53. The van der Waals surface area contributed by atoms with Crippen molar-refractivity contribution in [3.63, 3.8) is 0 Å². The first kappa shape index (κ1) is 18.4. The second-order valence-corrected chi connectivity index (χ2v) is 7.11. The fourth-order valence-corrected chi connectivity index (χ4v) is 3.63. The predicted octanol–water partition coefficient (Wildman–Crippen LogP) is 3.39. The number of likely N-dealkylation sites (tertiary alicyclic amines) is 1. The molecule has 0 amide bonds. The Morgan fingerprint density at radius 3 is 2.75 bits per heavy atom. The van der Waals surface area contributed by atoms with Crippen LogP contribution in [0.5, 0.6) is 17.4 Å². The summed E-state index contributed by atoms with van der Waals surface area (Å²) in [4.78, 5) is 15.8. The zero-order valence-corrected chi connectivity index (χ0v) is 16.3. The number of aromatic nitrogens is 4. The van der Waals surface area contributed by atoms with Crippen LogP contribution in [-0.4, -0.2) is 44.6 Å². The Bertz CT molecular complexity index is 926. The summed E-state index contributed by atoms with van der Waals surface area (Å²) in [5.74, 6) is 2.15. The molecule has 0 aliphatic carbocycles. The van der Waals surface area contributed by atoms with E-state index >= 15 is 0 Å². The number of methoxy groups -OCH3 is 1. The molecule has 0 bridgehead atoms. The van der Waals surface area contributed by atoms with E-state index in [9.17, 15) is 0 Å². The van der Waals surface area contributed by atoms with Gasteiger partial charge in [-0.1, -0.05) is 12.1 Å². The minimum atomic E-state index is 0.343. The third-order valence-corrected chi connectivity index (χ3v) is 5.14. The van der Waals surface area contributed by atoms with E-state index in [4.69, 9.17) is 14.5 Å². The fourth-order valence-electron chi connectivity index (χ4n) is 3.63. The fraction of sp³-hybridized carbons (Fsp3) is 0.381. The van der Waals surface area contributed by atoms with Crippen molar-refractivity contribution in [3.05, 3.63) is 60.6 Å². The van der Waals surface area contributed by atoms with Crippen molar-refractivity contribution in [1.29, 1.82) is 0 Å². The summed E-state index contributed by atoms with van der Waals surface area (Å²) in [5.41, 5.74) is 2.20. The molecule has 1 unspecified atom stereocenters. The maximum absolute atomic E-state index is 5.94. The smallest absolute Gasteiger partial charge is 0.238 e. The lowest BCUT2D eigenvalue weighted by Crippen LogP contribution is -2.34. The number of hydrogen-bond acceptors (Lipinski definition) is 6. The summed E-state index contributed by atoms with van der Waals surface area (Å²) in [6.07, 6.45) is 9.53. The van der Waals surface area contributed by atoms with E-state index in [-0.39, 0.29) is 0 Å². The Balaban J connectivity index is 1.47. The number of benzene rings is 1. The second kappa shape index (κ2) is 8.39. The van der Waals surface area contributed by atoms with Crippen molar-refractivity contribution in [2.75, 3.05) is 20.2 Å². The average molecular weight is 379 g/mol. The summed E-state index contributed by atoms with van der Waals surface area (Å²) >= 11 is 0. The maximum atomic E-state index is 5.94. The van der Waals surface area contributed by atoms with Crippen LogP contribution in [0.3, 0.4) is 0 Å². The molecule has 1 aliphatic rings. The maximum Gasteiger partial charge on any atom is 0.238 e. The van der Waals surface area contributed by atoms with Crippen molar-refractivity contribution in [1.82, 2.24) is 24.4 Å². The first-order valence-electron chi connectivity index (χ1n) is 9.53. The van der Waals surface area contributed by atoms with Gasteiger partial charge in [0.25, 0.3) is 0 Å². The lowest BCUT2D eigenvalue weighted by atomic mass is 9.95. The molecule has 7 heteroatoms. The van der Waals surface area contributed by atoms with Crippen molar-refractivity contribution < 1.29 is 9.47 Å². The lowest BCUT2D eigenvalue weighted by molar-refractivity contribution is 0.194. The van der Waals surface area contributed by atoms with E-state index in [1.165, 1.54) is 5.69 Å². The van der Waals surface area contributed by atoms with Gasteiger partial charge in [-0.25, -0.2) is 9.97 Å². The molecule has 1 aliphatic heterocycles. The lowest BCUT2D eigenvalue weighted by Gasteiger charge is -2.32. The van der Waals surface area contributed by atoms with Gasteiger partial charge in [0.15, 0.2) is 11.5 Å². The number of imidazole rings is 1. The number of para-hydroxylation sites is 2. The third-order valence-electron chi connectivity index (χ3n) is 5.14. The van der Waals surface area contributed by atoms with E-state index in [1.54, 1.807) is 13.3 Å². The van der Waals surface area contributed by atoms with Crippen LogP contribution in [0.1, 0.15) is 30.1 Å². The molecule has 0 radical (unpaired) electrons. The van der Waals surface area contributed by atoms with Crippen LogP contribution in [0.4, 0.5) is 0 Å². The van der Waals surface area contributed by atoms with Crippen LogP contribution in [0, 0.1) is 0 Å². The van der Waals surface area contributed by atoms with Gasteiger partial charge >= 0.3 is 0 Å². The second-order valence-electron chi connectivity index (χ2n) is 7.11. The Labute approximate surface area is 165 Å². The highest BCUT2D eigenvalue weighted by molar-refractivity contribution is 5.41. The molecule has 2 aromatic heterocycles. The SMILES string of the molecule is COc1ccccc1Oc1cncc(C2CCCN(Cc3cncn3C)C2)n1. The molecular formula is C21H25N5O2. The number of aryl methyl sites for hydroxylation is 1. The highest BCUT2D eigenvalue weighted by Gasteiger charge is 2.24. The summed E-state index contributed by atoms with van der Waals surface area (Å²) < 4.78 is 13.4. The Morgan fingerprint density at radius 2 is 1.96 bits per heavy atom. The van der Waals surface area contributed by atoms with E-state index < -0.39 is 0 Å². The van der Waals surface area contributed by atoms with Gasteiger partial charge in [0, 0.05) is 38.4 Å². The highest BCUT2D eigenvalue weighted by atomic mass is 16.5. The van der Waals surface area contributed by atoms with Gasteiger partial charge in [0.1, 0.15) is 0 Å². The molecule has 0 spiro atoms. The molecule has 1 fully saturated rings. The molecule has 3 heterocycles. The number of rotatable bonds is 6. The van der Waals surface area contributed by atoms with Gasteiger partial charge in [-0.05, 0) is 31.5 Å². The van der Waals surface area contributed by atoms with Crippen LogP contribution in [-0.2, 0) is 13.6 Å². The van der Waals surface area contributed by atoms with Gasteiger partial charge in [-0.3, -0.25) is 9.88 Å². The monoisotopic (exact) mass is 379 g/mol. The normalized spacial score (nSPS) is 17.4. The van der Waals surface area contributed by atoms with Gasteiger partial charge < -0.3 is 14.0 Å². The van der Waals surface area contributed by atoms with Gasteiger partial charge in [-0.15, -0.1) is 0 Å². The van der Waals surface area contributed by atoms with Crippen LogP contribution in [0.2, 0.25) is 0 Å². The van der Waals surface area contributed by atoms with Crippen molar-refractivity contribution in [2.45, 2.75) is 25.3 Å². The van der Waals surface area contributed by atoms with Crippen molar-refractivity contribution >= 4 is 0 Å². The van der Waals surface area contributed by atoms with E-state index in [0.29, 0.717) is 23.3 Å². The van der Waals surface area contributed by atoms with Crippen LogP contribution >= 0.6 is 0 Å². The number of ether oxygens (including phenoxy) is 2. The van der Waals surface area contributed by atoms with Gasteiger partial charge in [0.2, 0.25) is 5.88 Å². The molecule has 0 saturated carbocycles. The van der Waals surface area contributed by atoms with Crippen LogP contribution < -0.4 is 9.47 Å². The predicted molar refractivity (Wildman–Crippen MR) is 106 cm³/mol. The zero-order chi connectivity index (χ0) is 19.3. The molecule has 146 valence electrons. The van der Waals surface area contributed by atoms with Gasteiger partial charge in [-0.2, -0.15) is 0 Å².